The normalized spacial score (nSPS) is 23.6. The molecule has 1 fully saturated rings. The van der Waals surface area contributed by atoms with Gasteiger partial charge < -0.3 is 15.3 Å². The molecule has 0 bridgehead atoms. The molecule has 2 aliphatic rings. The van der Waals surface area contributed by atoms with Crippen molar-refractivity contribution in [2.45, 2.75) is 32.7 Å². The van der Waals surface area contributed by atoms with Gasteiger partial charge in [0.2, 0.25) is 5.91 Å². The molecule has 2 aliphatic heterocycles. The Kier molecular flexibility index (Phi) is 2.74. The van der Waals surface area contributed by atoms with E-state index in [9.17, 15) is 14.7 Å². The molecule has 5 nitrogen and oxygen atoms in total. The Balaban J connectivity index is 2.18. The maximum absolute atomic E-state index is 12.4. The van der Waals surface area contributed by atoms with Crippen LogP contribution in [0.3, 0.4) is 0 Å². The number of nitrogens with one attached hydrogen (secondary N) is 1. The number of hydrogen-bond acceptors (Lipinski definition) is 3. The molecule has 106 valence electrons. The van der Waals surface area contributed by atoms with E-state index in [1.807, 2.05) is 4.90 Å². The van der Waals surface area contributed by atoms with Gasteiger partial charge in [0.1, 0.15) is 6.04 Å². The number of fused-ring (bicyclic) bond motifs is 3. The fourth-order valence-electron chi connectivity index (χ4n) is 3.46. The Labute approximate surface area is 117 Å². The van der Waals surface area contributed by atoms with E-state index in [2.05, 4.69) is 19.2 Å². The lowest BCUT2D eigenvalue weighted by Gasteiger charge is -2.49. The summed E-state index contributed by atoms with van der Waals surface area (Å²) in [6.45, 7) is 4.86. The van der Waals surface area contributed by atoms with Gasteiger partial charge in [-0.05, 0) is 30.4 Å². The second-order valence-corrected chi connectivity index (χ2v) is 6.18. The molecule has 1 aromatic carbocycles. The molecule has 0 saturated carbocycles. The first kappa shape index (κ1) is 13.0. The summed E-state index contributed by atoms with van der Waals surface area (Å²) in [6, 6.07) is 4.72. The molecular weight excluding hydrogens is 256 g/mol. The highest BCUT2D eigenvalue weighted by Crippen LogP contribution is 2.44. The van der Waals surface area contributed by atoms with Gasteiger partial charge in [-0.15, -0.1) is 0 Å². The van der Waals surface area contributed by atoms with Crippen molar-refractivity contribution in [3.05, 3.63) is 23.8 Å². The number of benzene rings is 1. The number of piperidine rings is 1. The summed E-state index contributed by atoms with van der Waals surface area (Å²) >= 11 is 0. The number of nitrogens with zero attached hydrogens (tertiary/aromatic N) is 1. The highest BCUT2D eigenvalue weighted by Gasteiger charge is 2.46. The average Bonchev–Trinajstić information content (AvgIpc) is 2.36. The molecule has 3 rings (SSSR count). The lowest BCUT2D eigenvalue weighted by Crippen LogP contribution is -2.59. The minimum Gasteiger partial charge on any atom is -0.478 e. The zero-order valence-corrected chi connectivity index (χ0v) is 11.6. The smallest absolute Gasteiger partial charge is 0.337 e. The molecule has 0 spiro atoms. The van der Waals surface area contributed by atoms with Crippen LogP contribution in [0.4, 0.5) is 11.4 Å². The third kappa shape index (κ3) is 1.77. The fourth-order valence-corrected chi connectivity index (χ4v) is 3.46. The predicted octanol–water partition coefficient (Wildman–Crippen LogP) is 2.33. The van der Waals surface area contributed by atoms with Gasteiger partial charge in [0.05, 0.1) is 16.9 Å². The van der Waals surface area contributed by atoms with E-state index < -0.39 is 5.97 Å². The van der Waals surface area contributed by atoms with E-state index in [1.54, 1.807) is 18.2 Å². The summed E-state index contributed by atoms with van der Waals surface area (Å²) in [4.78, 5) is 25.8. The number of carbonyl (C=O) groups is 2. The first-order valence-electron chi connectivity index (χ1n) is 6.85. The SMILES string of the molecule is CC1(C)CCCN2c3c(cccc3C(=O)O)NC(=O)C21. The van der Waals surface area contributed by atoms with Crippen molar-refractivity contribution in [3.63, 3.8) is 0 Å². The number of aromatic carboxylic acids is 1. The highest BCUT2D eigenvalue weighted by atomic mass is 16.4. The highest BCUT2D eigenvalue weighted by molar-refractivity contribution is 6.09. The van der Waals surface area contributed by atoms with Crippen LogP contribution in [0.15, 0.2) is 18.2 Å². The molecule has 0 aromatic heterocycles. The monoisotopic (exact) mass is 274 g/mol. The number of rotatable bonds is 1. The van der Waals surface area contributed by atoms with Crippen LogP contribution in [-0.2, 0) is 4.79 Å². The van der Waals surface area contributed by atoms with Gasteiger partial charge in [-0.2, -0.15) is 0 Å². The third-order valence-corrected chi connectivity index (χ3v) is 4.33. The van der Waals surface area contributed by atoms with Crippen molar-refractivity contribution in [1.82, 2.24) is 0 Å². The number of hydrogen-bond donors (Lipinski definition) is 2. The van der Waals surface area contributed by atoms with E-state index in [4.69, 9.17) is 0 Å². The van der Waals surface area contributed by atoms with Crippen molar-refractivity contribution in [2.24, 2.45) is 5.41 Å². The van der Waals surface area contributed by atoms with Crippen molar-refractivity contribution in [1.29, 1.82) is 0 Å². The Morgan fingerprint density at radius 3 is 2.90 bits per heavy atom. The van der Waals surface area contributed by atoms with Crippen LogP contribution in [0.2, 0.25) is 0 Å². The van der Waals surface area contributed by atoms with E-state index in [0.717, 1.165) is 19.4 Å². The number of carbonyl (C=O) groups excluding carboxylic acids is 1. The maximum atomic E-state index is 12.4. The number of para-hydroxylation sites is 1. The maximum Gasteiger partial charge on any atom is 0.337 e. The Hall–Kier alpha value is -2.04. The quantitative estimate of drug-likeness (QED) is 0.824. The van der Waals surface area contributed by atoms with Crippen LogP contribution in [0.5, 0.6) is 0 Å². The minimum atomic E-state index is -0.958. The Bertz CT molecular complexity index is 595. The van der Waals surface area contributed by atoms with Crippen LogP contribution in [-0.4, -0.2) is 29.6 Å². The molecule has 5 heteroatoms. The molecule has 0 radical (unpaired) electrons. The lowest BCUT2D eigenvalue weighted by atomic mass is 9.74. The molecule has 1 amide bonds. The number of amides is 1. The summed E-state index contributed by atoms with van der Waals surface area (Å²) in [5.41, 5.74) is 1.34. The second kappa shape index (κ2) is 4.23. The zero-order valence-electron chi connectivity index (χ0n) is 11.6. The molecule has 2 N–H and O–H groups in total. The zero-order chi connectivity index (χ0) is 14.5. The Morgan fingerprint density at radius 1 is 1.45 bits per heavy atom. The van der Waals surface area contributed by atoms with E-state index >= 15 is 0 Å². The molecule has 1 saturated heterocycles. The van der Waals surface area contributed by atoms with Crippen molar-refractivity contribution >= 4 is 23.3 Å². The molecule has 2 heterocycles. The molecule has 1 unspecified atom stereocenters. The van der Waals surface area contributed by atoms with Gasteiger partial charge in [-0.3, -0.25) is 4.79 Å². The van der Waals surface area contributed by atoms with Crippen molar-refractivity contribution in [3.8, 4) is 0 Å². The summed E-state index contributed by atoms with van der Waals surface area (Å²) in [6.07, 6.45) is 1.93. The molecular formula is C15H18N2O3. The van der Waals surface area contributed by atoms with Gasteiger partial charge >= 0.3 is 5.97 Å². The summed E-state index contributed by atoms with van der Waals surface area (Å²) < 4.78 is 0. The molecule has 1 aromatic rings. The van der Waals surface area contributed by atoms with Crippen LogP contribution in [0.1, 0.15) is 37.0 Å². The third-order valence-electron chi connectivity index (χ3n) is 4.33. The van der Waals surface area contributed by atoms with Gasteiger partial charge in [0.25, 0.3) is 0 Å². The van der Waals surface area contributed by atoms with E-state index in [-0.39, 0.29) is 22.9 Å². The predicted molar refractivity (Wildman–Crippen MR) is 76.2 cm³/mol. The van der Waals surface area contributed by atoms with Crippen LogP contribution in [0.25, 0.3) is 0 Å². The minimum absolute atomic E-state index is 0.0373. The van der Waals surface area contributed by atoms with Gasteiger partial charge in [0, 0.05) is 6.54 Å². The second-order valence-electron chi connectivity index (χ2n) is 6.18. The standard InChI is InChI=1S/C15H18N2O3/c1-15(2)7-4-8-17-11-9(14(19)20)5-3-6-10(11)16-13(18)12(15)17/h3,5-6,12H,4,7-8H2,1-2H3,(H,16,18)(H,19,20). The largest absolute Gasteiger partial charge is 0.478 e. The molecule has 20 heavy (non-hydrogen) atoms. The fraction of sp³-hybridized carbons (Fsp3) is 0.467. The van der Waals surface area contributed by atoms with Crippen molar-refractivity contribution in [2.75, 3.05) is 16.8 Å². The molecule has 0 aliphatic carbocycles. The average molecular weight is 274 g/mol. The number of carboxylic acid groups (broad SMARTS) is 1. The van der Waals surface area contributed by atoms with Crippen LogP contribution >= 0.6 is 0 Å². The van der Waals surface area contributed by atoms with Crippen LogP contribution in [0, 0.1) is 5.41 Å². The van der Waals surface area contributed by atoms with Crippen LogP contribution < -0.4 is 10.2 Å². The first-order chi connectivity index (χ1) is 9.42. The number of carboxylic acids is 1. The van der Waals surface area contributed by atoms with Crippen molar-refractivity contribution < 1.29 is 14.7 Å². The van der Waals surface area contributed by atoms with E-state index in [1.165, 1.54) is 0 Å². The topological polar surface area (TPSA) is 69.6 Å². The summed E-state index contributed by atoms with van der Waals surface area (Å²) in [5, 5.41) is 12.3. The summed E-state index contributed by atoms with van der Waals surface area (Å²) in [5.74, 6) is -0.995. The van der Waals surface area contributed by atoms with Gasteiger partial charge in [-0.25, -0.2) is 4.79 Å². The lowest BCUT2D eigenvalue weighted by molar-refractivity contribution is -0.120. The summed E-state index contributed by atoms with van der Waals surface area (Å²) in [7, 11) is 0. The van der Waals surface area contributed by atoms with Gasteiger partial charge in [-0.1, -0.05) is 19.9 Å². The van der Waals surface area contributed by atoms with E-state index in [0.29, 0.717) is 11.4 Å². The number of anilines is 2. The molecule has 1 atom stereocenters. The Morgan fingerprint density at radius 2 is 2.20 bits per heavy atom. The van der Waals surface area contributed by atoms with Gasteiger partial charge in [0.15, 0.2) is 0 Å². The first-order valence-corrected chi connectivity index (χ1v) is 6.85.